The maximum atomic E-state index is 12.6. The molecular weight excluding hydrogens is 378 g/mol. The van der Waals surface area contributed by atoms with Gasteiger partial charge in [0, 0.05) is 31.1 Å². The minimum atomic E-state index is -0.749. The molecule has 0 radical (unpaired) electrons. The summed E-state index contributed by atoms with van der Waals surface area (Å²) in [5, 5.41) is 5.60. The van der Waals surface area contributed by atoms with Crippen molar-refractivity contribution >= 4 is 17.8 Å². The number of rotatable bonds is 8. The fourth-order valence-electron chi connectivity index (χ4n) is 3.92. The Hall–Kier alpha value is -2.97. The molecule has 29 heavy (non-hydrogen) atoms. The molecule has 0 aromatic heterocycles. The number of amides is 4. The second-order valence-corrected chi connectivity index (χ2v) is 7.22. The van der Waals surface area contributed by atoms with Crippen molar-refractivity contribution in [1.82, 2.24) is 15.5 Å². The van der Waals surface area contributed by atoms with Crippen LogP contribution in [0.3, 0.4) is 0 Å². The molecule has 1 aromatic carbocycles. The van der Waals surface area contributed by atoms with Crippen LogP contribution in [0.25, 0.3) is 0 Å². The topological polar surface area (TPSA) is 106 Å². The Morgan fingerprint density at radius 2 is 1.69 bits per heavy atom. The SMILES string of the molecule is COc1cc(OC)c(OC)cc1CNC(=O)CCN1C(=O)NC2(CCCC2)C1=O. The Balaban J connectivity index is 1.57. The van der Waals surface area contributed by atoms with Crippen LogP contribution in [-0.4, -0.2) is 56.2 Å². The van der Waals surface area contributed by atoms with E-state index < -0.39 is 11.6 Å². The van der Waals surface area contributed by atoms with Gasteiger partial charge in [-0.15, -0.1) is 0 Å². The van der Waals surface area contributed by atoms with Crippen molar-refractivity contribution in [2.45, 2.75) is 44.2 Å². The molecule has 2 aliphatic rings. The summed E-state index contributed by atoms with van der Waals surface area (Å²) in [6, 6.07) is 3.01. The quantitative estimate of drug-likeness (QED) is 0.636. The summed E-state index contributed by atoms with van der Waals surface area (Å²) in [6.45, 7) is 0.272. The molecule has 158 valence electrons. The summed E-state index contributed by atoms with van der Waals surface area (Å²) in [6.07, 6.45) is 3.21. The molecule has 1 heterocycles. The van der Waals surface area contributed by atoms with Gasteiger partial charge in [0.25, 0.3) is 5.91 Å². The maximum Gasteiger partial charge on any atom is 0.325 e. The van der Waals surface area contributed by atoms with Crippen LogP contribution >= 0.6 is 0 Å². The summed E-state index contributed by atoms with van der Waals surface area (Å²) < 4.78 is 15.9. The van der Waals surface area contributed by atoms with Gasteiger partial charge in [-0.25, -0.2) is 4.79 Å². The first kappa shape index (κ1) is 20.8. The summed E-state index contributed by atoms with van der Waals surface area (Å²) in [5.41, 5.74) is -0.0287. The van der Waals surface area contributed by atoms with Crippen LogP contribution in [0.15, 0.2) is 12.1 Å². The monoisotopic (exact) mass is 405 g/mol. The lowest BCUT2D eigenvalue weighted by Gasteiger charge is -2.20. The van der Waals surface area contributed by atoms with Crippen LogP contribution in [0.5, 0.6) is 17.2 Å². The smallest absolute Gasteiger partial charge is 0.325 e. The third-order valence-corrected chi connectivity index (χ3v) is 5.53. The summed E-state index contributed by atoms with van der Waals surface area (Å²) >= 11 is 0. The zero-order valence-corrected chi connectivity index (χ0v) is 17.0. The highest BCUT2D eigenvalue weighted by Crippen LogP contribution is 2.35. The molecule has 1 spiro atoms. The normalized spacial score (nSPS) is 17.4. The molecular formula is C20H27N3O6. The molecule has 1 aromatic rings. The van der Waals surface area contributed by atoms with Crippen molar-refractivity contribution in [1.29, 1.82) is 0 Å². The number of ether oxygens (including phenoxy) is 3. The lowest BCUT2D eigenvalue weighted by molar-refractivity contribution is -0.131. The van der Waals surface area contributed by atoms with E-state index in [1.807, 2.05) is 0 Å². The summed E-state index contributed by atoms with van der Waals surface area (Å²) in [4.78, 5) is 38.2. The average Bonchev–Trinajstić information content (AvgIpc) is 3.29. The molecule has 9 heteroatoms. The molecule has 1 saturated carbocycles. The van der Waals surface area contributed by atoms with E-state index in [2.05, 4.69) is 10.6 Å². The Labute approximate surface area is 169 Å². The number of hydrogen-bond donors (Lipinski definition) is 2. The predicted molar refractivity (Wildman–Crippen MR) is 104 cm³/mol. The predicted octanol–water partition coefficient (Wildman–Crippen LogP) is 1.58. The molecule has 1 saturated heterocycles. The second-order valence-electron chi connectivity index (χ2n) is 7.22. The van der Waals surface area contributed by atoms with Gasteiger partial charge in [-0.3, -0.25) is 14.5 Å². The Morgan fingerprint density at radius 1 is 1.07 bits per heavy atom. The number of carbonyl (C=O) groups is 3. The van der Waals surface area contributed by atoms with Crippen molar-refractivity contribution in [2.24, 2.45) is 0 Å². The van der Waals surface area contributed by atoms with Crippen LogP contribution in [0.1, 0.15) is 37.7 Å². The number of nitrogens with one attached hydrogen (secondary N) is 2. The first-order valence-electron chi connectivity index (χ1n) is 9.64. The minimum Gasteiger partial charge on any atom is -0.496 e. The van der Waals surface area contributed by atoms with E-state index in [4.69, 9.17) is 14.2 Å². The van der Waals surface area contributed by atoms with E-state index in [1.165, 1.54) is 21.3 Å². The van der Waals surface area contributed by atoms with E-state index in [0.29, 0.717) is 30.1 Å². The highest BCUT2D eigenvalue weighted by Gasteiger charge is 2.52. The van der Waals surface area contributed by atoms with Gasteiger partial charge in [0.2, 0.25) is 5.91 Å². The fourth-order valence-corrected chi connectivity index (χ4v) is 3.92. The van der Waals surface area contributed by atoms with Gasteiger partial charge < -0.3 is 24.8 Å². The Kier molecular flexibility index (Phi) is 6.14. The van der Waals surface area contributed by atoms with E-state index in [0.717, 1.165) is 23.3 Å². The molecule has 1 aliphatic carbocycles. The van der Waals surface area contributed by atoms with Crippen LogP contribution in [0, 0.1) is 0 Å². The van der Waals surface area contributed by atoms with Crippen molar-refractivity contribution in [3.8, 4) is 17.2 Å². The van der Waals surface area contributed by atoms with Crippen LogP contribution in [0.4, 0.5) is 4.79 Å². The third kappa shape index (κ3) is 4.08. The molecule has 3 rings (SSSR count). The van der Waals surface area contributed by atoms with Crippen molar-refractivity contribution in [2.75, 3.05) is 27.9 Å². The number of nitrogens with zero attached hydrogens (tertiary/aromatic N) is 1. The second kappa shape index (κ2) is 8.59. The molecule has 0 atom stereocenters. The van der Waals surface area contributed by atoms with Crippen molar-refractivity contribution in [3.05, 3.63) is 17.7 Å². The minimum absolute atomic E-state index is 0.0326. The van der Waals surface area contributed by atoms with Crippen LogP contribution in [-0.2, 0) is 16.1 Å². The average molecular weight is 405 g/mol. The third-order valence-electron chi connectivity index (χ3n) is 5.53. The molecule has 0 unspecified atom stereocenters. The highest BCUT2D eigenvalue weighted by molar-refractivity contribution is 6.07. The van der Waals surface area contributed by atoms with E-state index in [-0.39, 0.29) is 31.3 Å². The van der Waals surface area contributed by atoms with Gasteiger partial charge >= 0.3 is 6.03 Å². The standard InChI is InChI=1S/C20H27N3O6/c1-27-14-11-16(29-3)15(28-2)10-13(14)12-21-17(24)6-9-23-18(25)20(22-19(23)26)7-4-5-8-20/h10-11H,4-9,12H2,1-3H3,(H,21,24)(H,22,26). The number of hydrogen-bond acceptors (Lipinski definition) is 6. The molecule has 2 N–H and O–H groups in total. The molecule has 1 aliphatic heterocycles. The van der Waals surface area contributed by atoms with Crippen molar-refractivity contribution < 1.29 is 28.6 Å². The fraction of sp³-hybridized carbons (Fsp3) is 0.550. The number of urea groups is 1. The van der Waals surface area contributed by atoms with Gasteiger partial charge in [0.1, 0.15) is 11.3 Å². The van der Waals surface area contributed by atoms with E-state index in [1.54, 1.807) is 12.1 Å². The van der Waals surface area contributed by atoms with Gasteiger partial charge in [-0.2, -0.15) is 0 Å². The lowest BCUT2D eigenvalue weighted by atomic mass is 9.98. The highest BCUT2D eigenvalue weighted by atomic mass is 16.5. The van der Waals surface area contributed by atoms with Crippen LogP contribution < -0.4 is 24.8 Å². The van der Waals surface area contributed by atoms with Gasteiger partial charge in [0.15, 0.2) is 11.5 Å². The summed E-state index contributed by atoms with van der Waals surface area (Å²) in [7, 11) is 4.59. The van der Waals surface area contributed by atoms with Gasteiger partial charge in [0.05, 0.1) is 21.3 Å². The number of benzene rings is 1. The lowest BCUT2D eigenvalue weighted by Crippen LogP contribution is -2.44. The number of imide groups is 1. The van der Waals surface area contributed by atoms with Gasteiger partial charge in [-0.1, -0.05) is 12.8 Å². The molecule has 2 fully saturated rings. The van der Waals surface area contributed by atoms with Crippen molar-refractivity contribution in [3.63, 3.8) is 0 Å². The first-order valence-corrected chi connectivity index (χ1v) is 9.64. The maximum absolute atomic E-state index is 12.6. The largest absolute Gasteiger partial charge is 0.496 e. The Bertz CT molecular complexity index is 804. The van der Waals surface area contributed by atoms with E-state index >= 15 is 0 Å². The first-order chi connectivity index (χ1) is 13.9. The van der Waals surface area contributed by atoms with Crippen LogP contribution in [0.2, 0.25) is 0 Å². The van der Waals surface area contributed by atoms with Gasteiger partial charge in [-0.05, 0) is 18.9 Å². The van der Waals surface area contributed by atoms with E-state index in [9.17, 15) is 14.4 Å². The molecule has 9 nitrogen and oxygen atoms in total. The zero-order chi connectivity index (χ0) is 21.0. The number of carbonyl (C=O) groups excluding carboxylic acids is 3. The zero-order valence-electron chi connectivity index (χ0n) is 17.0. The summed E-state index contributed by atoms with van der Waals surface area (Å²) in [5.74, 6) is 1.13. The number of methoxy groups -OCH3 is 3. The molecule has 4 amide bonds. The Morgan fingerprint density at radius 3 is 2.31 bits per heavy atom. The molecule has 0 bridgehead atoms.